The zero-order chi connectivity index (χ0) is 10.7. The standard InChI is InChI=1S/C14H13Cl/c1-2-11-10-13(8-9-14(11)15)12-6-4-3-5-7-12/h3-10H,2H2,1H3. The molecule has 0 aliphatic heterocycles. The monoisotopic (exact) mass is 216 g/mol. The summed E-state index contributed by atoms with van der Waals surface area (Å²) in [6, 6.07) is 16.6. The summed E-state index contributed by atoms with van der Waals surface area (Å²) in [5, 5.41) is 0.859. The SMILES string of the molecule is CCc1cc(-c2ccccc2)ccc1Cl. The second-order valence-electron chi connectivity index (χ2n) is 3.53. The minimum atomic E-state index is 0.859. The third-order valence-electron chi connectivity index (χ3n) is 2.53. The topological polar surface area (TPSA) is 0 Å². The molecule has 0 fully saturated rings. The van der Waals surface area contributed by atoms with Crippen LogP contribution in [0.5, 0.6) is 0 Å². The molecule has 76 valence electrons. The molecule has 0 nitrogen and oxygen atoms in total. The van der Waals surface area contributed by atoms with Crippen LogP contribution in [0.3, 0.4) is 0 Å². The second kappa shape index (κ2) is 4.50. The van der Waals surface area contributed by atoms with Gasteiger partial charge in [0.2, 0.25) is 0 Å². The Hall–Kier alpha value is -1.27. The van der Waals surface area contributed by atoms with Crippen LogP contribution in [0.2, 0.25) is 5.02 Å². The first-order valence-electron chi connectivity index (χ1n) is 5.15. The van der Waals surface area contributed by atoms with Gasteiger partial charge < -0.3 is 0 Å². The molecule has 0 bridgehead atoms. The highest BCUT2D eigenvalue weighted by atomic mass is 35.5. The summed E-state index contributed by atoms with van der Waals surface area (Å²) >= 11 is 6.08. The first-order valence-corrected chi connectivity index (χ1v) is 5.53. The first kappa shape index (κ1) is 10.3. The number of halogens is 1. The zero-order valence-electron chi connectivity index (χ0n) is 8.70. The molecular formula is C14H13Cl. The third-order valence-corrected chi connectivity index (χ3v) is 2.90. The quantitative estimate of drug-likeness (QED) is 0.690. The van der Waals surface area contributed by atoms with Gasteiger partial charge in [-0.3, -0.25) is 0 Å². The number of aryl methyl sites for hydroxylation is 1. The summed E-state index contributed by atoms with van der Waals surface area (Å²) in [7, 11) is 0. The fourth-order valence-electron chi connectivity index (χ4n) is 1.66. The lowest BCUT2D eigenvalue weighted by Crippen LogP contribution is -1.84. The molecule has 0 aromatic heterocycles. The van der Waals surface area contributed by atoms with Gasteiger partial charge >= 0.3 is 0 Å². The van der Waals surface area contributed by atoms with Crippen LogP contribution >= 0.6 is 11.6 Å². The van der Waals surface area contributed by atoms with Crippen molar-refractivity contribution in [2.75, 3.05) is 0 Å². The Labute approximate surface area is 95.5 Å². The molecule has 0 heterocycles. The highest BCUT2D eigenvalue weighted by molar-refractivity contribution is 6.31. The van der Waals surface area contributed by atoms with Gasteiger partial charge in [-0.05, 0) is 35.2 Å². The van der Waals surface area contributed by atoms with Gasteiger partial charge in [-0.1, -0.05) is 54.9 Å². The molecule has 0 unspecified atom stereocenters. The van der Waals surface area contributed by atoms with Gasteiger partial charge in [0.05, 0.1) is 0 Å². The van der Waals surface area contributed by atoms with Gasteiger partial charge in [0, 0.05) is 5.02 Å². The molecule has 0 saturated carbocycles. The molecule has 0 radical (unpaired) electrons. The molecule has 2 aromatic carbocycles. The van der Waals surface area contributed by atoms with E-state index in [1.807, 2.05) is 12.1 Å². The van der Waals surface area contributed by atoms with Gasteiger partial charge in [-0.25, -0.2) is 0 Å². The Kier molecular flexibility index (Phi) is 3.08. The van der Waals surface area contributed by atoms with E-state index in [0.717, 1.165) is 11.4 Å². The van der Waals surface area contributed by atoms with E-state index in [0.29, 0.717) is 0 Å². The highest BCUT2D eigenvalue weighted by Crippen LogP contribution is 2.25. The fourth-order valence-corrected chi connectivity index (χ4v) is 1.91. The summed E-state index contributed by atoms with van der Waals surface area (Å²) < 4.78 is 0. The van der Waals surface area contributed by atoms with Crippen LogP contribution in [-0.4, -0.2) is 0 Å². The van der Waals surface area contributed by atoms with Crippen molar-refractivity contribution in [3.05, 3.63) is 59.1 Å². The van der Waals surface area contributed by atoms with E-state index in [-0.39, 0.29) is 0 Å². The minimum absolute atomic E-state index is 0.859. The van der Waals surface area contributed by atoms with Crippen molar-refractivity contribution in [2.45, 2.75) is 13.3 Å². The first-order chi connectivity index (χ1) is 7.31. The van der Waals surface area contributed by atoms with Gasteiger partial charge in [-0.2, -0.15) is 0 Å². The third kappa shape index (κ3) is 2.21. The highest BCUT2D eigenvalue weighted by Gasteiger charge is 2.01. The smallest absolute Gasteiger partial charge is 0.0438 e. The van der Waals surface area contributed by atoms with Crippen molar-refractivity contribution in [1.29, 1.82) is 0 Å². The maximum Gasteiger partial charge on any atom is 0.0438 e. The van der Waals surface area contributed by atoms with Crippen molar-refractivity contribution in [3.63, 3.8) is 0 Å². The Morgan fingerprint density at radius 3 is 2.33 bits per heavy atom. The van der Waals surface area contributed by atoms with E-state index in [2.05, 4.69) is 43.3 Å². The maximum absolute atomic E-state index is 6.08. The number of rotatable bonds is 2. The van der Waals surface area contributed by atoms with Crippen LogP contribution in [-0.2, 0) is 6.42 Å². The summed E-state index contributed by atoms with van der Waals surface area (Å²) in [4.78, 5) is 0. The van der Waals surface area contributed by atoms with E-state index in [9.17, 15) is 0 Å². The molecule has 0 aliphatic carbocycles. The van der Waals surface area contributed by atoms with Crippen LogP contribution in [0.4, 0.5) is 0 Å². The van der Waals surface area contributed by atoms with E-state index in [1.54, 1.807) is 0 Å². The minimum Gasteiger partial charge on any atom is -0.0840 e. The molecule has 2 rings (SSSR count). The average molecular weight is 217 g/mol. The predicted molar refractivity (Wildman–Crippen MR) is 66.3 cm³/mol. The molecule has 2 aromatic rings. The van der Waals surface area contributed by atoms with Crippen molar-refractivity contribution in [2.24, 2.45) is 0 Å². The van der Waals surface area contributed by atoms with Crippen LogP contribution in [0.15, 0.2) is 48.5 Å². The molecule has 0 amide bonds. The Balaban J connectivity index is 2.46. The van der Waals surface area contributed by atoms with Crippen molar-refractivity contribution >= 4 is 11.6 Å². The average Bonchev–Trinajstić information content (AvgIpc) is 2.31. The Bertz CT molecular complexity index is 446. The van der Waals surface area contributed by atoms with Crippen LogP contribution in [0, 0.1) is 0 Å². The van der Waals surface area contributed by atoms with E-state index in [1.165, 1.54) is 16.7 Å². The molecule has 1 heteroatoms. The molecule has 0 saturated heterocycles. The van der Waals surface area contributed by atoms with E-state index in [4.69, 9.17) is 11.6 Å². The van der Waals surface area contributed by atoms with Gasteiger partial charge in [0.25, 0.3) is 0 Å². The van der Waals surface area contributed by atoms with Crippen molar-refractivity contribution < 1.29 is 0 Å². The van der Waals surface area contributed by atoms with Crippen molar-refractivity contribution in [3.8, 4) is 11.1 Å². The number of hydrogen-bond acceptors (Lipinski definition) is 0. The van der Waals surface area contributed by atoms with Gasteiger partial charge in [0.1, 0.15) is 0 Å². The lowest BCUT2D eigenvalue weighted by Gasteiger charge is -2.05. The summed E-state index contributed by atoms with van der Waals surface area (Å²) in [5.41, 5.74) is 3.68. The zero-order valence-corrected chi connectivity index (χ0v) is 9.46. The van der Waals surface area contributed by atoms with Crippen LogP contribution < -0.4 is 0 Å². The molecule has 0 spiro atoms. The van der Waals surface area contributed by atoms with Gasteiger partial charge in [-0.15, -0.1) is 0 Å². The molecule has 0 N–H and O–H groups in total. The maximum atomic E-state index is 6.08. The lowest BCUT2D eigenvalue weighted by atomic mass is 10.0. The Morgan fingerprint density at radius 2 is 1.67 bits per heavy atom. The summed E-state index contributed by atoms with van der Waals surface area (Å²) in [6.07, 6.45) is 0.972. The normalized spacial score (nSPS) is 10.3. The van der Waals surface area contributed by atoms with E-state index >= 15 is 0 Å². The van der Waals surface area contributed by atoms with E-state index < -0.39 is 0 Å². The molecule has 0 aliphatic rings. The number of hydrogen-bond donors (Lipinski definition) is 0. The summed E-state index contributed by atoms with van der Waals surface area (Å²) in [6.45, 7) is 2.12. The largest absolute Gasteiger partial charge is 0.0840 e. The van der Waals surface area contributed by atoms with Crippen molar-refractivity contribution in [1.82, 2.24) is 0 Å². The second-order valence-corrected chi connectivity index (χ2v) is 3.93. The van der Waals surface area contributed by atoms with Gasteiger partial charge in [0.15, 0.2) is 0 Å². The predicted octanol–water partition coefficient (Wildman–Crippen LogP) is 4.57. The fraction of sp³-hybridized carbons (Fsp3) is 0.143. The van der Waals surface area contributed by atoms with Crippen LogP contribution in [0.25, 0.3) is 11.1 Å². The molecular weight excluding hydrogens is 204 g/mol. The summed E-state index contributed by atoms with van der Waals surface area (Å²) in [5.74, 6) is 0. The lowest BCUT2D eigenvalue weighted by molar-refractivity contribution is 1.14. The number of benzene rings is 2. The Morgan fingerprint density at radius 1 is 0.933 bits per heavy atom. The molecule has 15 heavy (non-hydrogen) atoms. The van der Waals surface area contributed by atoms with Crippen LogP contribution in [0.1, 0.15) is 12.5 Å². The molecule has 0 atom stereocenters.